The lowest BCUT2D eigenvalue weighted by Crippen LogP contribution is -2.12. The maximum atomic E-state index is 12.0. The molecule has 1 aromatic rings. The Bertz CT molecular complexity index is 282. The number of likely N-dealkylation sites (N-methyl/N-ethyl adjacent to an activating group) is 1. The van der Waals surface area contributed by atoms with Crippen molar-refractivity contribution >= 4 is 11.3 Å². The van der Waals surface area contributed by atoms with Crippen molar-refractivity contribution in [3.63, 3.8) is 0 Å². The molecule has 0 unspecified atom stereocenters. The smallest absolute Gasteiger partial charge is 0.319 e. The summed E-state index contributed by atoms with van der Waals surface area (Å²) in [5.41, 5.74) is 0.726. The van der Waals surface area contributed by atoms with Gasteiger partial charge in [-0.3, -0.25) is 0 Å². The number of nitrogens with zero attached hydrogens (tertiary/aromatic N) is 1. The van der Waals surface area contributed by atoms with Crippen LogP contribution in [0.5, 0.6) is 0 Å². The zero-order chi connectivity index (χ0) is 10.6. The monoisotopic (exact) mass is 224 g/mol. The van der Waals surface area contributed by atoms with E-state index in [0.717, 1.165) is 23.6 Å². The molecule has 1 aromatic heterocycles. The van der Waals surface area contributed by atoms with Crippen LogP contribution in [0.4, 0.5) is 13.2 Å². The predicted octanol–water partition coefficient (Wildman–Crippen LogP) is 2.01. The van der Waals surface area contributed by atoms with Crippen LogP contribution in [0.15, 0.2) is 5.38 Å². The van der Waals surface area contributed by atoms with E-state index >= 15 is 0 Å². The summed E-state index contributed by atoms with van der Waals surface area (Å²) >= 11 is 1.07. The summed E-state index contributed by atoms with van der Waals surface area (Å²) in [5, 5.41) is 4.74. The Morgan fingerprint density at radius 3 is 2.79 bits per heavy atom. The van der Waals surface area contributed by atoms with Crippen LogP contribution in [0.3, 0.4) is 0 Å². The molecule has 0 aliphatic carbocycles. The molecular weight excluding hydrogens is 213 g/mol. The molecule has 0 fully saturated rings. The van der Waals surface area contributed by atoms with Gasteiger partial charge in [0, 0.05) is 18.3 Å². The highest BCUT2D eigenvalue weighted by Crippen LogP contribution is 2.23. The van der Waals surface area contributed by atoms with Crippen LogP contribution in [0, 0.1) is 0 Å². The van der Waals surface area contributed by atoms with Gasteiger partial charge in [-0.05, 0) is 7.05 Å². The molecule has 0 saturated carbocycles. The van der Waals surface area contributed by atoms with Crippen LogP contribution in [-0.2, 0) is 12.8 Å². The fourth-order valence-corrected chi connectivity index (χ4v) is 1.83. The first-order valence-corrected chi connectivity index (χ1v) is 5.04. The van der Waals surface area contributed by atoms with E-state index in [0.29, 0.717) is 6.42 Å². The molecule has 80 valence electrons. The summed E-state index contributed by atoms with van der Waals surface area (Å²) in [7, 11) is 1.79. The summed E-state index contributed by atoms with van der Waals surface area (Å²) in [6.45, 7) is 0.731. The van der Waals surface area contributed by atoms with Crippen LogP contribution in [0.25, 0.3) is 0 Å². The molecule has 0 atom stereocenters. The Labute approximate surface area is 84.2 Å². The van der Waals surface area contributed by atoms with Crippen molar-refractivity contribution in [3.8, 4) is 0 Å². The van der Waals surface area contributed by atoms with Gasteiger partial charge in [0.2, 0.25) is 0 Å². The highest BCUT2D eigenvalue weighted by molar-refractivity contribution is 7.09. The number of rotatable bonds is 4. The van der Waals surface area contributed by atoms with E-state index < -0.39 is 12.6 Å². The zero-order valence-corrected chi connectivity index (χ0v) is 8.50. The maximum Gasteiger partial charge on any atom is 0.395 e. The number of alkyl halides is 3. The molecule has 0 aliphatic heterocycles. The number of aromatic nitrogens is 1. The Balaban J connectivity index is 2.51. The van der Waals surface area contributed by atoms with Crippen molar-refractivity contribution in [2.75, 3.05) is 13.6 Å². The first kappa shape index (κ1) is 11.5. The minimum atomic E-state index is -4.15. The molecule has 1 rings (SSSR count). The van der Waals surface area contributed by atoms with Gasteiger partial charge in [0.25, 0.3) is 0 Å². The molecule has 0 radical (unpaired) electrons. The summed E-state index contributed by atoms with van der Waals surface area (Å²) < 4.78 is 35.9. The number of halogens is 3. The second-order valence-electron chi connectivity index (χ2n) is 2.88. The van der Waals surface area contributed by atoms with E-state index in [1.807, 2.05) is 0 Å². The van der Waals surface area contributed by atoms with Gasteiger partial charge < -0.3 is 5.32 Å². The van der Waals surface area contributed by atoms with Gasteiger partial charge in [-0.1, -0.05) is 0 Å². The summed E-state index contributed by atoms with van der Waals surface area (Å²) in [5.74, 6) is 0. The average Bonchev–Trinajstić information content (AvgIpc) is 2.46. The quantitative estimate of drug-likeness (QED) is 0.846. The van der Waals surface area contributed by atoms with E-state index in [9.17, 15) is 13.2 Å². The molecule has 0 saturated heterocycles. The SMILES string of the molecule is CNCCc1csc(CC(F)(F)F)n1. The predicted molar refractivity (Wildman–Crippen MR) is 49.5 cm³/mol. The van der Waals surface area contributed by atoms with Gasteiger partial charge in [0.15, 0.2) is 0 Å². The van der Waals surface area contributed by atoms with Gasteiger partial charge in [-0.2, -0.15) is 13.2 Å². The Kier molecular flexibility index (Phi) is 3.88. The standard InChI is InChI=1S/C8H11F3N2S/c1-12-3-2-6-5-14-7(13-6)4-8(9,10)11/h5,12H,2-4H2,1H3. The van der Waals surface area contributed by atoms with Gasteiger partial charge in [-0.15, -0.1) is 11.3 Å². The molecule has 0 aromatic carbocycles. The topological polar surface area (TPSA) is 24.9 Å². The second kappa shape index (κ2) is 4.75. The van der Waals surface area contributed by atoms with Crippen molar-refractivity contribution in [2.45, 2.75) is 19.0 Å². The van der Waals surface area contributed by atoms with E-state index in [2.05, 4.69) is 10.3 Å². The third kappa shape index (κ3) is 4.06. The molecule has 1 heterocycles. The molecular formula is C8H11F3N2S. The van der Waals surface area contributed by atoms with E-state index in [1.165, 1.54) is 0 Å². The van der Waals surface area contributed by atoms with Crippen molar-refractivity contribution in [3.05, 3.63) is 16.1 Å². The molecule has 2 nitrogen and oxygen atoms in total. The van der Waals surface area contributed by atoms with Crippen LogP contribution >= 0.6 is 11.3 Å². The van der Waals surface area contributed by atoms with Crippen LogP contribution in [0.1, 0.15) is 10.7 Å². The number of nitrogens with one attached hydrogen (secondary N) is 1. The van der Waals surface area contributed by atoms with Gasteiger partial charge in [0.05, 0.1) is 12.1 Å². The highest BCUT2D eigenvalue weighted by Gasteiger charge is 2.29. The number of hydrogen-bond donors (Lipinski definition) is 1. The van der Waals surface area contributed by atoms with Gasteiger partial charge in [-0.25, -0.2) is 4.98 Å². The lowest BCUT2D eigenvalue weighted by Gasteiger charge is -2.01. The molecule has 0 aliphatic rings. The summed E-state index contributed by atoms with van der Waals surface area (Å²) in [4.78, 5) is 3.89. The first-order chi connectivity index (χ1) is 6.51. The van der Waals surface area contributed by atoms with E-state index in [4.69, 9.17) is 0 Å². The van der Waals surface area contributed by atoms with Crippen LogP contribution in [0.2, 0.25) is 0 Å². The molecule has 6 heteroatoms. The third-order valence-corrected chi connectivity index (χ3v) is 2.48. The minimum absolute atomic E-state index is 0.142. The maximum absolute atomic E-state index is 12.0. The summed E-state index contributed by atoms with van der Waals surface area (Å²) in [6.07, 6.45) is -4.40. The van der Waals surface area contributed by atoms with Gasteiger partial charge >= 0.3 is 6.18 Å². The Hall–Kier alpha value is -0.620. The first-order valence-electron chi connectivity index (χ1n) is 4.16. The van der Waals surface area contributed by atoms with Crippen LogP contribution in [-0.4, -0.2) is 24.8 Å². The normalized spacial score (nSPS) is 12.0. The van der Waals surface area contributed by atoms with Crippen molar-refractivity contribution in [1.29, 1.82) is 0 Å². The van der Waals surface area contributed by atoms with Crippen molar-refractivity contribution in [2.24, 2.45) is 0 Å². The number of thiazole rings is 1. The number of hydrogen-bond acceptors (Lipinski definition) is 3. The molecule has 0 spiro atoms. The largest absolute Gasteiger partial charge is 0.395 e. The highest BCUT2D eigenvalue weighted by atomic mass is 32.1. The van der Waals surface area contributed by atoms with Gasteiger partial charge in [0.1, 0.15) is 5.01 Å². The molecule has 0 bridgehead atoms. The Morgan fingerprint density at radius 1 is 1.50 bits per heavy atom. The Morgan fingerprint density at radius 2 is 2.21 bits per heavy atom. The van der Waals surface area contributed by atoms with E-state index in [1.54, 1.807) is 12.4 Å². The minimum Gasteiger partial charge on any atom is -0.319 e. The molecule has 0 amide bonds. The lowest BCUT2D eigenvalue weighted by molar-refractivity contribution is -0.127. The lowest BCUT2D eigenvalue weighted by atomic mass is 10.3. The van der Waals surface area contributed by atoms with Crippen LogP contribution < -0.4 is 5.32 Å². The fraction of sp³-hybridized carbons (Fsp3) is 0.625. The zero-order valence-electron chi connectivity index (χ0n) is 7.69. The van der Waals surface area contributed by atoms with E-state index in [-0.39, 0.29) is 5.01 Å². The second-order valence-corrected chi connectivity index (χ2v) is 3.82. The summed E-state index contributed by atoms with van der Waals surface area (Å²) in [6, 6.07) is 0. The third-order valence-electron chi connectivity index (χ3n) is 1.58. The van der Waals surface area contributed by atoms with Crippen molar-refractivity contribution in [1.82, 2.24) is 10.3 Å². The fourth-order valence-electron chi connectivity index (χ4n) is 0.969. The average molecular weight is 224 g/mol. The van der Waals surface area contributed by atoms with Crippen molar-refractivity contribution < 1.29 is 13.2 Å². The molecule has 1 N–H and O–H groups in total. The molecule has 14 heavy (non-hydrogen) atoms.